The zero-order valence-corrected chi connectivity index (χ0v) is 9.63. The molecule has 4 nitrogen and oxygen atoms in total. The molecule has 2 rings (SSSR count). The predicted molar refractivity (Wildman–Crippen MR) is 59.4 cm³/mol. The fraction of sp³-hybridized carbons (Fsp3) is 0.455. The Morgan fingerprint density at radius 3 is 2.31 bits per heavy atom. The Bertz CT molecular complexity index is 457. The van der Waals surface area contributed by atoms with Gasteiger partial charge in [-0.25, -0.2) is 9.59 Å². The van der Waals surface area contributed by atoms with E-state index in [2.05, 4.69) is 0 Å². The van der Waals surface area contributed by atoms with Gasteiger partial charge in [0.25, 0.3) is 0 Å². The van der Waals surface area contributed by atoms with Gasteiger partial charge in [0.05, 0.1) is 0 Å². The summed E-state index contributed by atoms with van der Waals surface area (Å²) in [5, 5.41) is 17.9. The molecule has 1 aromatic rings. The van der Waals surface area contributed by atoms with E-state index in [1.165, 1.54) is 6.07 Å². The summed E-state index contributed by atoms with van der Waals surface area (Å²) in [6, 6.07) is 1.52. The van der Waals surface area contributed by atoms with E-state index in [1.807, 2.05) is 6.92 Å². The van der Waals surface area contributed by atoms with Gasteiger partial charge in [-0.05, 0) is 29.9 Å². The van der Waals surface area contributed by atoms with Crippen molar-refractivity contribution in [2.75, 3.05) is 0 Å². The van der Waals surface area contributed by atoms with E-state index < -0.39 is 11.9 Å². The number of carboxylic acid groups (broad SMARTS) is 2. The summed E-state index contributed by atoms with van der Waals surface area (Å²) in [6.45, 7) is 2.00. The summed E-state index contributed by atoms with van der Waals surface area (Å²) in [4.78, 5) is 22.2. The maximum absolute atomic E-state index is 11.1. The van der Waals surface area contributed by atoms with Gasteiger partial charge in [-0.3, -0.25) is 0 Å². The van der Waals surface area contributed by atoms with Crippen molar-refractivity contribution in [2.45, 2.75) is 31.6 Å². The first-order valence-electron chi connectivity index (χ1n) is 5.05. The van der Waals surface area contributed by atoms with Crippen LogP contribution in [0.2, 0.25) is 0 Å². The zero-order valence-electron chi connectivity index (χ0n) is 8.82. The first-order chi connectivity index (χ1) is 7.44. The molecule has 1 fully saturated rings. The average molecular weight is 240 g/mol. The van der Waals surface area contributed by atoms with Crippen LogP contribution in [-0.4, -0.2) is 22.2 Å². The summed E-state index contributed by atoms with van der Waals surface area (Å²) < 4.78 is 0. The number of thiophene rings is 1. The summed E-state index contributed by atoms with van der Waals surface area (Å²) in [5.74, 6) is -2.08. The fourth-order valence-electron chi connectivity index (χ4n) is 2.08. The van der Waals surface area contributed by atoms with E-state index in [1.54, 1.807) is 0 Å². The smallest absolute Gasteiger partial charge is 0.346 e. The normalized spacial score (nSPS) is 17.8. The highest BCUT2D eigenvalue weighted by Crippen LogP contribution is 2.46. The molecule has 0 bridgehead atoms. The lowest BCUT2D eigenvalue weighted by atomic mass is 9.66. The van der Waals surface area contributed by atoms with Crippen molar-refractivity contribution in [3.63, 3.8) is 0 Å². The van der Waals surface area contributed by atoms with E-state index in [4.69, 9.17) is 10.2 Å². The van der Waals surface area contributed by atoms with Crippen LogP contribution in [0.3, 0.4) is 0 Å². The molecule has 1 saturated carbocycles. The van der Waals surface area contributed by atoms with Crippen LogP contribution in [-0.2, 0) is 5.41 Å². The van der Waals surface area contributed by atoms with Crippen LogP contribution in [0.4, 0.5) is 0 Å². The van der Waals surface area contributed by atoms with E-state index in [-0.39, 0.29) is 15.2 Å². The van der Waals surface area contributed by atoms with Gasteiger partial charge in [-0.2, -0.15) is 0 Å². The van der Waals surface area contributed by atoms with Crippen LogP contribution in [0.1, 0.15) is 51.1 Å². The van der Waals surface area contributed by atoms with Crippen molar-refractivity contribution in [2.24, 2.45) is 0 Å². The molecule has 0 radical (unpaired) electrons. The number of hydrogen-bond acceptors (Lipinski definition) is 3. The molecule has 2 N–H and O–H groups in total. The van der Waals surface area contributed by atoms with Crippen LogP contribution in [0.15, 0.2) is 6.07 Å². The Morgan fingerprint density at radius 1 is 1.31 bits per heavy atom. The third-order valence-electron chi connectivity index (χ3n) is 3.24. The molecule has 0 amide bonds. The van der Waals surface area contributed by atoms with Gasteiger partial charge in [0.2, 0.25) is 0 Å². The van der Waals surface area contributed by atoms with Gasteiger partial charge in [0, 0.05) is 0 Å². The number of hydrogen-bond donors (Lipinski definition) is 2. The molecule has 0 aliphatic heterocycles. The summed E-state index contributed by atoms with van der Waals surface area (Å²) in [6.07, 6.45) is 2.94. The number of carboxylic acids is 2. The largest absolute Gasteiger partial charge is 0.477 e. The Labute approximate surface area is 96.5 Å². The van der Waals surface area contributed by atoms with E-state index in [9.17, 15) is 9.59 Å². The number of rotatable bonds is 3. The molecular weight excluding hydrogens is 228 g/mol. The lowest BCUT2D eigenvalue weighted by molar-refractivity contribution is 0.0689. The molecule has 0 aromatic carbocycles. The topological polar surface area (TPSA) is 74.6 Å². The third kappa shape index (κ3) is 1.61. The molecule has 0 unspecified atom stereocenters. The van der Waals surface area contributed by atoms with E-state index in [0.717, 1.165) is 30.6 Å². The second-order valence-corrected chi connectivity index (χ2v) is 5.43. The monoisotopic (exact) mass is 240 g/mol. The molecule has 1 aromatic heterocycles. The van der Waals surface area contributed by atoms with Gasteiger partial charge in [-0.1, -0.05) is 13.3 Å². The van der Waals surface area contributed by atoms with Crippen LogP contribution < -0.4 is 0 Å². The van der Waals surface area contributed by atoms with Gasteiger partial charge in [-0.15, -0.1) is 11.3 Å². The highest BCUT2D eigenvalue weighted by atomic mass is 32.1. The Balaban J connectivity index is 2.50. The SMILES string of the molecule is CC1(c2cc(C(=O)O)sc2C(=O)O)CCC1. The molecule has 86 valence electrons. The van der Waals surface area contributed by atoms with Crippen molar-refractivity contribution in [3.05, 3.63) is 21.4 Å². The highest BCUT2D eigenvalue weighted by Gasteiger charge is 2.38. The molecule has 1 aliphatic rings. The summed E-state index contributed by atoms with van der Waals surface area (Å²) >= 11 is 0.853. The van der Waals surface area contributed by atoms with E-state index in [0.29, 0.717) is 5.56 Å². The van der Waals surface area contributed by atoms with Crippen molar-refractivity contribution in [1.82, 2.24) is 0 Å². The summed E-state index contributed by atoms with van der Waals surface area (Å²) in [5.41, 5.74) is 0.548. The van der Waals surface area contributed by atoms with Gasteiger partial charge < -0.3 is 10.2 Å². The molecule has 16 heavy (non-hydrogen) atoms. The van der Waals surface area contributed by atoms with Gasteiger partial charge in [0.15, 0.2) is 0 Å². The zero-order chi connectivity index (χ0) is 11.9. The average Bonchev–Trinajstić information content (AvgIpc) is 2.58. The van der Waals surface area contributed by atoms with Crippen molar-refractivity contribution in [3.8, 4) is 0 Å². The van der Waals surface area contributed by atoms with Crippen molar-refractivity contribution in [1.29, 1.82) is 0 Å². The van der Waals surface area contributed by atoms with Crippen LogP contribution >= 0.6 is 11.3 Å². The van der Waals surface area contributed by atoms with Crippen LogP contribution in [0.5, 0.6) is 0 Å². The third-order valence-corrected chi connectivity index (χ3v) is 4.36. The lowest BCUT2D eigenvalue weighted by Crippen LogP contribution is -2.31. The predicted octanol–water partition coefficient (Wildman–Crippen LogP) is 2.59. The Morgan fingerprint density at radius 2 is 1.94 bits per heavy atom. The van der Waals surface area contributed by atoms with Crippen molar-refractivity contribution >= 4 is 23.3 Å². The summed E-state index contributed by atoms with van der Waals surface area (Å²) in [7, 11) is 0. The van der Waals surface area contributed by atoms with Gasteiger partial charge in [0.1, 0.15) is 9.75 Å². The maximum atomic E-state index is 11.1. The highest BCUT2D eigenvalue weighted by molar-refractivity contribution is 7.16. The van der Waals surface area contributed by atoms with E-state index >= 15 is 0 Å². The second kappa shape index (κ2) is 3.59. The minimum atomic E-state index is -1.05. The quantitative estimate of drug-likeness (QED) is 0.851. The number of carbonyl (C=O) groups is 2. The number of aromatic carboxylic acids is 2. The van der Waals surface area contributed by atoms with Crippen LogP contribution in [0, 0.1) is 0 Å². The molecule has 5 heteroatoms. The van der Waals surface area contributed by atoms with Crippen molar-refractivity contribution < 1.29 is 19.8 Å². The molecular formula is C11H12O4S. The molecule has 0 atom stereocenters. The standard InChI is InChI=1S/C11H12O4S/c1-11(3-2-4-11)6-5-7(9(12)13)16-8(6)10(14)15/h5H,2-4H2,1H3,(H,12,13)(H,14,15). The maximum Gasteiger partial charge on any atom is 0.346 e. The lowest BCUT2D eigenvalue weighted by Gasteiger charge is -2.38. The molecule has 1 aliphatic carbocycles. The first-order valence-corrected chi connectivity index (χ1v) is 5.86. The molecule has 0 spiro atoms. The second-order valence-electron chi connectivity index (χ2n) is 4.38. The minimum Gasteiger partial charge on any atom is -0.477 e. The minimum absolute atomic E-state index is 0.112. The molecule has 0 saturated heterocycles. The Hall–Kier alpha value is -1.36. The Kier molecular flexibility index (Phi) is 2.50. The van der Waals surface area contributed by atoms with Gasteiger partial charge >= 0.3 is 11.9 Å². The first kappa shape index (κ1) is 11.1. The molecule has 1 heterocycles. The fourth-order valence-corrected chi connectivity index (χ4v) is 3.07. The van der Waals surface area contributed by atoms with Crippen LogP contribution in [0.25, 0.3) is 0 Å².